The smallest absolute Gasteiger partial charge is 0.128 e. The molecule has 0 saturated carbocycles. The number of hydrogen-bond acceptors (Lipinski definition) is 1. The molecule has 1 aliphatic carbocycles. The molecule has 1 aromatic rings. The summed E-state index contributed by atoms with van der Waals surface area (Å²) in [6.07, 6.45) is 7.91. The van der Waals surface area contributed by atoms with E-state index < -0.39 is 0 Å². The molecule has 0 bridgehead atoms. The monoisotopic (exact) mass is 283 g/mol. The average Bonchev–Trinajstić information content (AvgIpc) is 2.29. The summed E-state index contributed by atoms with van der Waals surface area (Å²) >= 11 is 3.25. The third-order valence-electron chi connectivity index (χ3n) is 2.82. The number of allylic oxidation sites excluding steroid dienone is 1. The fourth-order valence-electron chi connectivity index (χ4n) is 1.89. The predicted molar refractivity (Wildman–Crippen MR) is 67.7 cm³/mol. The molecule has 0 heterocycles. The molecule has 0 saturated heterocycles. The van der Waals surface area contributed by atoms with Gasteiger partial charge < -0.3 is 5.32 Å². The highest BCUT2D eigenvalue weighted by atomic mass is 79.9. The highest BCUT2D eigenvalue weighted by Crippen LogP contribution is 2.16. The molecule has 0 aliphatic heterocycles. The van der Waals surface area contributed by atoms with Crippen molar-refractivity contribution in [1.82, 2.24) is 5.32 Å². The molecule has 0 aromatic heterocycles. The van der Waals surface area contributed by atoms with Crippen LogP contribution in [0, 0.1) is 5.82 Å². The Balaban J connectivity index is 1.93. The summed E-state index contributed by atoms with van der Waals surface area (Å²) in [6, 6.07) is 5.60. The quantitative estimate of drug-likeness (QED) is 0.833. The van der Waals surface area contributed by atoms with Crippen LogP contribution in [0.4, 0.5) is 4.39 Å². The maximum absolute atomic E-state index is 13.5. The Hall–Kier alpha value is -0.670. The van der Waals surface area contributed by atoms with Crippen LogP contribution in [-0.4, -0.2) is 6.04 Å². The summed E-state index contributed by atoms with van der Waals surface area (Å²) in [4.78, 5) is 0. The van der Waals surface area contributed by atoms with Crippen molar-refractivity contribution in [2.45, 2.75) is 31.8 Å². The lowest BCUT2D eigenvalue weighted by Gasteiger charge is -2.18. The van der Waals surface area contributed by atoms with Crippen molar-refractivity contribution >= 4 is 15.9 Å². The zero-order valence-corrected chi connectivity index (χ0v) is 10.6. The molecule has 0 amide bonds. The van der Waals surface area contributed by atoms with Crippen molar-refractivity contribution in [1.29, 1.82) is 0 Å². The van der Waals surface area contributed by atoms with Crippen LogP contribution in [0.3, 0.4) is 0 Å². The number of rotatable bonds is 3. The van der Waals surface area contributed by atoms with Crippen molar-refractivity contribution in [3.05, 3.63) is 46.2 Å². The summed E-state index contributed by atoms with van der Waals surface area (Å²) in [5.74, 6) is -0.151. The molecule has 2 rings (SSSR count). The lowest BCUT2D eigenvalue weighted by Crippen LogP contribution is -2.28. The van der Waals surface area contributed by atoms with Crippen molar-refractivity contribution in [3.63, 3.8) is 0 Å². The fourth-order valence-corrected chi connectivity index (χ4v) is 2.22. The first-order valence-electron chi connectivity index (χ1n) is 5.59. The van der Waals surface area contributed by atoms with Crippen LogP contribution in [0.25, 0.3) is 0 Å². The first-order valence-corrected chi connectivity index (χ1v) is 6.39. The topological polar surface area (TPSA) is 12.0 Å². The van der Waals surface area contributed by atoms with E-state index in [9.17, 15) is 4.39 Å². The number of benzene rings is 1. The molecule has 1 atom stereocenters. The van der Waals surface area contributed by atoms with Crippen LogP contribution in [-0.2, 0) is 6.54 Å². The largest absolute Gasteiger partial charge is 0.306 e. The predicted octanol–water partition coefficient (Wildman–Crippen LogP) is 3.79. The highest BCUT2D eigenvalue weighted by molar-refractivity contribution is 9.10. The first kappa shape index (κ1) is 11.8. The SMILES string of the molecule is Fc1cc(Br)ccc1CNC1C=CCCC1. The third kappa shape index (κ3) is 3.16. The minimum atomic E-state index is -0.151. The van der Waals surface area contributed by atoms with Gasteiger partial charge in [0.1, 0.15) is 5.82 Å². The van der Waals surface area contributed by atoms with Crippen LogP contribution in [0.2, 0.25) is 0 Å². The van der Waals surface area contributed by atoms with E-state index in [-0.39, 0.29) is 5.82 Å². The van der Waals surface area contributed by atoms with Gasteiger partial charge in [0.2, 0.25) is 0 Å². The normalized spacial score (nSPS) is 20.0. The molecule has 1 aliphatic rings. The standard InChI is InChI=1S/C13H15BrFN/c14-11-7-6-10(13(15)8-11)9-16-12-4-2-1-3-5-12/h2,4,6-8,12,16H,1,3,5,9H2. The number of halogens is 2. The minimum absolute atomic E-state index is 0.151. The van der Waals surface area contributed by atoms with E-state index >= 15 is 0 Å². The molecule has 1 unspecified atom stereocenters. The van der Waals surface area contributed by atoms with Gasteiger partial charge >= 0.3 is 0 Å². The van der Waals surface area contributed by atoms with Crippen molar-refractivity contribution in [2.75, 3.05) is 0 Å². The Morgan fingerprint density at radius 3 is 3.00 bits per heavy atom. The first-order chi connectivity index (χ1) is 7.75. The lowest BCUT2D eigenvalue weighted by atomic mass is 10.0. The number of nitrogens with one attached hydrogen (secondary N) is 1. The van der Waals surface area contributed by atoms with Crippen LogP contribution in [0.15, 0.2) is 34.8 Å². The molecule has 3 heteroatoms. The van der Waals surface area contributed by atoms with E-state index in [2.05, 4.69) is 33.4 Å². The highest BCUT2D eigenvalue weighted by Gasteiger charge is 2.09. The minimum Gasteiger partial charge on any atom is -0.306 e. The second-order valence-electron chi connectivity index (χ2n) is 4.08. The van der Waals surface area contributed by atoms with Gasteiger partial charge in [0, 0.05) is 22.6 Å². The van der Waals surface area contributed by atoms with Gasteiger partial charge in [0.05, 0.1) is 0 Å². The van der Waals surface area contributed by atoms with Crippen LogP contribution in [0.1, 0.15) is 24.8 Å². The van der Waals surface area contributed by atoms with Gasteiger partial charge in [-0.3, -0.25) is 0 Å². The molecule has 0 radical (unpaired) electrons. The summed E-state index contributed by atoms with van der Waals surface area (Å²) in [5, 5.41) is 3.36. The molecule has 1 nitrogen and oxygen atoms in total. The molecule has 16 heavy (non-hydrogen) atoms. The van der Waals surface area contributed by atoms with Gasteiger partial charge in [-0.25, -0.2) is 4.39 Å². The average molecular weight is 284 g/mol. The lowest BCUT2D eigenvalue weighted by molar-refractivity contribution is 0.509. The van der Waals surface area contributed by atoms with Gasteiger partial charge in [-0.15, -0.1) is 0 Å². The molecular weight excluding hydrogens is 269 g/mol. The summed E-state index contributed by atoms with van der Waals surface area (Å²) in [7, 11) is 0. The third-order valence-corrected chi connectivity index (χ3v) is 3.32. The molecular formula is C13H15BrFN. The molecule has 0 fully saturated rings. The molecule has 1 aromatic carbocycles. The Kier molecular flexibility index (Phi) is 4.13. The van der Waals surface area contributed by atoms with Crippen LogP contribution in [0.5, 0.6) is 0 Å². The van der Waals surface area contributed by atoms with E-state index in [1.807, 2.05) is 12.1 Å². The maximum Gasteiger partial charge on any atom is 0.128 e. The molecule has 86 valence electrons. The molecule has 0 spiro atoms. The second-order valence-corrected chi connectivity index (χ2v) is 5.00. The van der Waals surface area contributed by atoms with Gasteiger partial charge in [0.25, 0.3) is 0 Å². The Morgan fingerprint density at radius 1 is 1.44 bits per heavy atom. The Labute approximate surface area is 104 Å². The van der Waals surface area contributed by atoms with E-state index in [1.54, 1.807) is 0 Å². The Morgan fingerprint density at radius 2 is 2.31 bits per heavy atom. The zero-order valence-electron chi connectivity index (χ0n) is 9.05. The van der Waals surface area contributed by atoms with Gasteiger partial charge in [-0.2, -0.15) is 0 Å². The van der Waals surface area contributed by atoms with Crippen LogP contribution >= 0.6 is 15.9 Å². The van der Waals surface area contributed by atoms with E-state index in [1.165, 1.54) is 18.9 Å². The van der Waals surface area contributed by atoms with Gasteiger partial charge in [0.15, 0.2) is 0 Å². The Bertz CT molecular complexity index is 390. The van der Waals surface area contributed by atoms with Crippen molar-refractivity contribution < 1.29 is 4.39 Å². The van der Waals surface area contributed by atoms with Gasteiger partial charge in [-0.1, -0.05) is 34.1 Å². The van der Waals surface area contributed by atoms with Crippen molar-refractivity contribution in [3.8, 4) is 0 Å². The fraction of sp³-hybridized carbons (Fsp3) is 0.385. The maximum atomic E-state index is 13.5. The van der Waals surface area contributed by atoms with Crippen molar-refractivity contribution in [2.24, 2.45) is 0 Å². The zero-order chi connectivity index (χ0) is 11.4. The van der Waals surface area contributed by atoms with Crippen LogP contribution < -0.4 is 5.32 Å². The molecule has 1 N–H and O–H groups in total. The van der Waals surface area contributed by atoms with E-state index in [0.717, 1.165) is 16.5 Å². The second kappa shape index (κ2) is 5.60. The number of hydrogen-bond donors (Lipinski definition) is 1. The summed E-state index contributed by atoms with van der Waals surface area (Å²) in [5.41, 5.74) is 0.724. The summed E-state index contributed by atoms with van der Waals surface area (Å²) < 4.78 is 14.3. The van der Waals surface area contributed by atoms with E-state index in [0.29, 0.717) is 12.6 Å². The van der Waals surface area contributed by atoms with Gasteiger partial charge in [-0.05, 0) is 31.4 Å². The van der Waals surface area contributed by atoms with E-state index in [4.69, 9.17) is 0 Å². The summed E-state index contributed by atoms with van der Waals surface area (Å²) in [6.45, 7) is 0.591.